The van der Waals surface area contributed by atoms with Gasteiger partial charge in [0.25, 0.3) is 0 Å². The van der Waals surface area contributed by atoms with Gasteiger partial charge in [0.1, 0.15) is 0 Å². The van der Waals surface area contributed by atoms with Crippen LogP contribution in [0.5, 0.6) is 0 Å². The zero-order valence-electron chi connectivity index (χ0n) is 9.60. The molecule has 0 aromatic carbocycles. The first kappa shape index (κ1) is 11.6. The van der Waals surface area contributed by atoms with Crippen LogP contribution in [0, 0.1) is 17.8 Å². The van der Waals surface area contributed by atoms with Crippen molar-refractivity contribution < 1.29 is 0 Å². The lowest BCUT2D eigenvalue weighted by molar-refractivity contribution is 0.385. The van der Waals surface area contributed by atoms with Crippen LogP contribution < -0.4 is 5.32 Å². The highest BCUT2D eigenvalue weighted by atomic mass is 14.9. The molecule has 1 saturated carbocycles. The molecule has 0 bridgehead atoms. The Hall–Kier alpha value is -0.480. The summed E-state index contributed by atoms with van der Waals surface area (Å²) in [5.74, 6) is 7.07. The first-order chi connectivity index (χ1) is 6.86. The normalized spacial score (nSPS) is 27.6. The zero-order valence-corrected chi connectivity index (χ0v) is 9.60. The number of hydrogen-bond donors (Lipinski definition) is 1. The SMILES string of the molecule is CC#CCCC1CCCCC(NC)C1. The maximum absolute atomic E-state index is 3.43. The van der Waals surface area contributed by atoms with E-state index in [1.807, 2.05) is 6.92 Å². The summed E-state index contributed by atoms with van der Waals surface area (Å²) >= 11 is 0. The van der Waals surface area contributed by atoms with E-state index in [0.29, 0.717) is 0 Å². The number of hydrogen-bond acceptors (Lipinski definition) is 1. The molecule has 0 heterocycles. The Morgan fingerprint density at radius 3 is 2.79 bits per heavy atom. The number of rotatable bonds is 3. The Bertz CT molecular complexity index is 199. The van der Waals surface area contributed by atoms with Gasteiger partial charge in [0.05, 0.1) is 0 Å². The van der Waals surface area contributed by atoms with E-state index < -0.39 is 0 Å². The number of nitrogens with one attached hydrogen (secondary N) is 1. The quantitative estimate of drug-likeness (QED) is 0.537. The molecular weight excluding hydrogens is 170 g/mol. The third-order valence-corrected chi connectivity index (χ3v) is 3.30. The van der Waals surface area contributed by atoms with Gasteiger partial charge in [-0.15, -0.1) is 11.8 Å². The van der Waals surface area contributed by atoms with Gasteiger partial charge in [0, 0.05) is 12.5 Å². The maximum Gasteiger partial charge on any atom is 0.00912 e. The monoisotopic (exact) mass is 193 g/mol. The molecule has 0 spiro atoms. The van der Waals surface area contributed by atoms with E-state index in [4.69, 9.17) is 0 Å². The van der Waals surface area contributed by atoms with E-state index in [1.165, 1.54) is 38.5 Å². The van der Waals surface area contributed by atoms with E-state index in [-0.39, 0.29) is 0 Å². The lowest BCUT2D eigenvalue weighted by Gasteiger charge is -2.18. The maximum atomic E-state index is 3.43. The second-order valence-electron chi connectivity index (χ2n) is 4.34. The molecule has 1 fully saturated rings. The van der Waals surface area contributed by atoms with E-state index in [2.05, 4.69) is 24.2 Å². The van der Waals surface area contributed by atoms with Crippen molar-refractivity contribution in [3.05, 3.63) is 0 Å². The topological polar surface area (TPSA) is 12.0 Å². The van der Waals surface area contributed by atoms with Gasteiger partial charge in [0.15, 0.2) is 0 Å². The van der Waals surface area contributed by atoms with E-state index >= 15 is 0 Å². The minimum Gasteiger partial charge on any atom is -0.317 e. The van der Waals surface area contributed by atoms with Crippen LogP contribution in [-0.2, 0) is 0 Å². The molecule has 1 heteroatoms. The van der Waals surface area contributed by atoms with Crippen molar-refractivity contribution in [1.29, 1.82) is 0 Å². The molecule has 1 aliphatic carbocycles. The van der Waals surface area contributed by atoms with Crippen molar-refractivity contribution in [3.8, 4) is 11.8 Å². The molecular formula is C13H23N. The summed E-state index contributed by atoms with van der Waals surface area (Å²) < 4.78 is 0. The standard InChI is InChI=1S/C13H23N/c1-3-4-5-8-12-9-6-7-10-13(11-12)14-2/h12-14H,5-11H2,1-2H3. The summed E-state index contributed by atoms with van der Waals surface area (Å²) in [5.41, 5.74) is 0. The first-order valence-corrected chi connectivity index (χ1v) is 5.93. The van der Waals surface area contributed by atoms with E-state index in [9.17, 15) is 0 Å². The molecule has 0 amide bonds. The van der Waals surface area contributed by atoms with Crippen LogP contribution in [0.15, 0.2) is 0 Å². The molecule has 2 atom stereocenters. The summed E-state index contributed by atoms with van der Waals surface area (Å²) in [6.45, 7) is 1.93. The van der Waals surface area contributed by atoms with Gasteiger partial charge < -0.3 is 5.32 Å². The lowest BCUT2D eigenvalue weighted by Crippen LogP contribution is -2.26. The van der Waals surface area contributed by atoms with Gasteiger partial charge in [-0.05, 0) is 39.2 Å². The van der Waals surface area contributed by atoms with Crippen LogP contribution in [0.4, 0.5) is 0 Å². The molecule has 1 N–H and O–H groups in total. The second-order valence-corrected chi connectivity index (χ2v) is 4.34. The second kappa shape index (κ2) is 6.90. The highest BCUT2D eigenvalue weighted by Crippen LogP contribution is 2.26. The fourth-order valence-corrected chi connectivity index (χ4v) is 2.39. The molecule has 1 rings (SSSR count). The van der Waals surface area contributed by atoms with Gasteiger partial charge in [-0.2, -0.15) is 0 Å². The van der Waals surface area contributed by atoms with Crippen LogP contribution in [0.1, 0.15) is 51.9 Å². The molecule has 0 aromatic rings. The molecule has 0 aromatic heterocycles. The smallest absolute Gasteiger partial charge is 0.00912 e. The van der Waals surface area contributed by atoms with Crippen molar-refractivity contribution in [1.82, 2.24) is 5.32 Å². The van der Waals surface area contributed by atoms with Crippen LogP contribution >= 0.6 is 0 Å². The Balaban J connectivity index is 2.29. The minimum atomic E-state index is 0.761. The molecule has 80 valence electrons. The van der Waals surface area contributed by atoms with Gasteiger partial charge in [-0.1, -0.05) is 19.3 Å². The van der Waals surface area contributed by atoms with E-state index in [1.54, 1.807) is 0 Å². The highest BCUT2D eigenvalue weighted by molar-refractivity contribution is 4.95. The lowest BCUT2D eigenvalue weighted by atomic mass is 9.93. The van der Waals surface area contributed by atoms with Crippen molar-refractivity contribution >= 4 is 0 Å². The Kier molecular flexibility index (Phi) is 5.71. The third kappa shape index (κ3) is 4.15. The minimum absolute atomic E-state index is 0.761. The molecule has 1 aliphatic rings. The van der Waals surface area contributed by atoms with Crippen LogP contribution in [0.3, 0.4) is 0 Å². The van der Waals surface area contributed by atoms with Crippen molar-refractivity contribution in [2.24, 2.45) is 5.92 Å². The van der Waals surface area contributed by atoms with Crippen molar-refractivity contribution in [3.63, 3.8) is 0 Å². The summed E-state index contributed by atoms with van der Waals surface area (Å²) in [7, 11) is 2.10. The van der Waals surface area contributed by atoms with Gasteiger partial charge in [-0.25, -0.2) is 0 Å². The molecule has 0 radical (unpaired) electrons. The molecule has 1 nitrogen and oxygen atoms in total. The fourth-order valence-electron chi connectivity index (χ4n) is 2.39. The van der Waals surface area contributed by atoms with Crippen LogP contribution in [-0.4, -0.2) is 13.1 Å². The molecule has 14 heavy (non-hydrogen) atoms. The van der Waals surface area contributed by atoms with Crippen molar-refractivity contribution in [2.75, 3.05) is 7.05 Å². The van der Waals surface area contributed by atoms with Gasteiger partial charge in [-0.3, -0.25) is 0 Å². The van der Waals surface area contributed by atoms with Gasteiger partial charge in [0.2, 0.25) is 0 Å². The van der Waals surface area contributed by atoms with Crippen LogP contribution in [0.2, 0.25) is 0 Å². The molecule has 0 saturated heterocycles. The summed E-state index contributed by atoms with van der Waals surface area (Å²) in [4.78, 5) is 0. The average molecular weight is 193 g/mol. The summed E-state index contributed by atoms with van der Waals surface area (Å²) in [6.07, 6.45) is 9.37. The summed E-state index contributed by atoms with van der Waals surface area (Å²) in [5, 5.41) is 3.43. The Labute approximate surface area is 88.7 Å². The Morgan fingerprint density at radius 2 is 2.07 bits per heavy atom. The van der Waals surface area contributed by atoms with E-state index in [0.717, 1.165) is 18.4 Å². The molecule has 0 aliphatic heterocycles. The predicted octanol–water partition coefficient (Wildman–Crippen LogP) is 2.96. The van der Waals surface area contributed by atoms with Gasteiger partial charge >= 0.3 is 0 Å². The fraction of sp³-hybridized carbons (Fsp3) is 0.846. The largest absolute Gasteiger partial charge is 0.317 e. The summed E-state index contributed by atoms with van der Waals surface area (Å²) in [6, 6.07) is 0.761. The first-order valence-electron chi connectivity index (χ1n) is 5.93. The highest BCUT2D eigenvalue weighted by Gasteiger charge is 2.18. The van der Waals surface area contributed by atoms with Crippen LogP contribution in [0.25, 0.3) is 0 Å². The Morgan fingerprint density at radius 1 is 1.29 bits per heavy atom. The molecule has 2 unspecified atom stereocenters. The average Bonchev–Trinajstić information content (AvgIpc) is 2.43. The third-order valence-electron chi connectivity index (χ3n) is 3.30. The predicted molar refractivity (Wildman–Crippen MR) is 62.1 cm³/mol. The van der Waals surface area contributed by atoms with Crippen molar-refractivity contribution in [2.45, 2.75) is 57.9 Å². The zero-order chi connectivity index (χ0) is 10.2.